The molecule has 4 heteroatoms. The number of amides is 1. The maximum Gasteiger partial charge on any atom is 0.236 e. The second-order valence-corrected chi connectivity index (χ2v) is 5.05. The van der Waals surface area contributed by atoms with Crippen molar-refractivity contribution in [1.82, 2.24) is 9.80 Å². The van der Waals surface area contributed by atoms with Gasteiger partial charge in [0.05, 0.1) is 12.6 Å². The van der Waals surface area contributed by atoms with E-state index in [2.05, 4.69) is 36.1 Å². The lowest BCUT2D eigenvalue weighted by atomic mass is 10.1. The van der Waals surface area contributed by atoms with Crippen LogP contribution < -0.4 is 5.73 Å². The maximum absolute atomic E-state index is 11.8. The summed E-state index contributed by atoms with van der Waals surface area (Å²) >= 11 is 0. The molecule has 1 unspecified atom stereocenters. The van der Waals surface area contributed by atoms with Gasteiger partial charge in [0, 0.05) is 26.7 Å². The molecule has 18 heavy (non-hydrogen) atoms. The molecule has 0 radical (unpaired) electrons. The number of nitrogens with zero attached hydrogens (tertiary/aromatic N) is 2. The van der Waals surface area contributed by atoms with Crippen molar-refractivity contribution in [2.24, 2.45) is 5.73 Å². The zero-order valence-corrected chi connectivity index (χ0v) is 11.1. The standard InChI is InChI=1S/C14H21N3O/c1-11-3-5-12(6-4-11)8-17-9-13(7-15)16(2)14(18)10-17/h3-6,13H,7-10,15H2,1-2H3. The lowest BCUT2D eigenvalue weighted by Gasteiger charge is -2.38. The lowest BCUT2D eigenvalue weighted by Crippen LogP contribution is -2.56. The molecule has 4 nitrogen and oxygen atoms in total. The van der Waals surface area contributed by atoms with E-state index in [1.807, 2.05) is 7.05 Å². The molecule has 1 fully saturated rings. The number of aryl methyl sites for hydroxylation is 1. The minimum Gasteiger partial charge on any atom is -0.339 e. The zero-order chi connectivity index (χ0) is 13.1. The predicted molar refractivity (Wildman–Crippen MR) is 72.1 cm³/mol. The quantitative estimate of drug-likeness (QED) is 0.851. The topological polar surface area (TPSA) is 49.6 Å². The molecule has 2 N–H and O–H groups in total. The Morgan fingerprint density at radius 2 is 2.00 bits per heavy atom. The van der Waals surface area contributed by atoms with E-state index in [0.29, 0.717) is 13.1 Å². The highest BCUT2D eigenvalue weighted by Gasteiger charge is 2.28. The molecule has 98 valence electrons. The minimum atomic E-state index is 0.136. The van der Waals surface area contributed by atoms with Crippen LogP contribution in [0.2, 0.25) is 0 Å². The lowest BCUT2D eigenvalue weighted by molar-refractivity contribution is -0.137. The van der Waals surface area contributed by atoms with Crippen molar-refractivity contribution in [3.05, 3.63) is 35.4 Å². The van der Waals surface area contributed by atoms with Gasteiger partial charge in [0.15, 0.2) is 0 Å². The number of hydrogen-bond acceptors (Lipinski definition) is 3. The van der Waals surface area contributed by atoms with E-state index in [1.54, 1.807) is 4.90 Å². The molecule has 2 rings (SSSR count). The van der Waals surface area contributed by atoms with Crippen LogP contribution in [0, 0.1) is 6.92 Å². The SMILES string of the molecule is Cc1ccc(CN2CC(=O)N(C)C(CN)C2)cc1. The van der Waals surface area contributed by atoms with Crippen LogP contribution in [0.15, 0.2) is 24.3 Å². The Morgan fingerprint density at radius 1 is 1.33 bits per heavy atom. The van der Waals surface area contributed by atoms with Crippen molar-refractivity contribution in [2.75, 3.05) is 26.7 Å². The summed E-state index contributed by atoms with van der Waals surface area (Å²) in [4.78, 5) is 15.8. The Bertz CT molecular complexity index is 416. The second kappa shape index (κ2) is 5.50. The van der Waals surface area contributed by atoms with Gasteiger partial charge in [0.25, 0.3) is 0 Å². The molecule has 0 aliphatic carbocycles. The van der Waals surface area contributed by atoms with Crippen molar-refractivity contribution < 1.29 is 4.79 Å². The van der Waals surface area contributed by atoms with E-state index >= 15 is 0 Å². The van der Waals surface area contributed by atoms with Crippen molar-refractivity contribution in [1.29, 1.82) is 0 Å². The molecule has 1 aromatic carbocycles. The first kappa shape index (κ1) is 13.1. The van der Waals surface area contributed by atoms with Crippen LogP contribution in [-0.4, -0.2) is 48.4 Å². The van der Waals surface area contributed by atoms with Gasteiger partial charge in [-0.25, -0.2) is 0 Å². The largest absolute Gasteiger partial charge is 0.339 e. The fourth-order valence-electron chi connectivity index (χ4n) is 2.30. The van der Waals surface area contributed by atoms with Crippen LogP contribution in [-0.2, 0) is 11.3 Å². The fraction of sp³-hybridized carbons (Fsp3) is 0.500. The summed E-state index contributed by atoms with van der Waals surface area (Å²) in [7, 11) is 1.84. The van der Waals surface area contributed by atoms with Crippen LogP contribution in [0.4, 0.5) is 0 Å². The van der Waals surface area contributed by atoms with Gasteiger partial charge in [-0.1, -0.05) is 29.8 Å². The summed E-state index contributed by atoms with van der Waals surface area (Å²) in [5.41, 5.74) is 8.21. The second-order valence-electron chi connectivity index (χ2n) is 5.05. The Balaban J connectivity index is 2.01. The Labute approximate surface area is 108 Å². The molecule has 1 aliphatic rings. The number of hydrogen-bond donors (Lipinski definition) is 1. The van der Waals surface area contributed by atoms with Gasteiger partial charge in [0.1, 0.15) is 0 Å². The van der Waals surface area contributed by atoms with Gasteiger partial charge in [-0.05, 0) is 12.5 Å². The Morgan fingerprint density at radius 3 is 2.61 bits per heavy atom. The van der Waals surface area contributed by atoms with Gasteiger partial charge in [0.2, 0.25) is 5.91 Å². The van der Waals surface area contributed by atoms with Gasteiger partial charge < -0.3 is 10.6 Å². The summed E-state index contributed by atoms with van der Waals surface area (Å²) in [5, 5.41) is 0. The first-order valence-electron chi connectivity index (χ1n) is 6.34. The van der Waals surface area contributed by atoms with Crippen LogP contribution in [0.1, 0.15) is 11.1 Å². The molecule has 0 aromatic heterocycles. The predicted octanol–water partition coefficient (Wildman–Crippen LogP) is 0.596. The van der Waals surface area contributed by atoms with E-state index in [4.69, 9.17) is 5.73 Å². The highest BCUT2D eigenvalue weighted by atomic mass is 16.2. The summed E-state index contributed by atoms with van der Waals surface area (Å²) in [6, 6.07) is 8.59. The van der Waals surface area contributed by atoms with Crippen molar-refractivity contribution in [3.8, 4) is 0 Å². The van der Waals surface area contributed by atoms with Crippen molar-refractivity contribution in [2.45, 2.75) is 19.5 Å². The normalized spacial score (nSPS) is 21.4. The monoisotopic (exact) mass is 247 g/mol. The molecule has 0 bridgehead atoms. The van der Waals surface area contributed by atoms with Crippen LogP contribution in [0.3, 0.4) is 0 Å². The van der Waals surface area contributed by atoms with Gasteiger partial charge in [-0.3, -0.25) is 9.69 Å². The summed E-state index contributed by atoms with van der Waals surface area (Å²) < 4.78 is 0. The molecule has 1 atom stereocenters. The van der Waals surface area contributed by atoms with Crippen molar-refractivity contribution >= 4 is 5.91 Å². The number of likely N-dealkylation sites (N-methyl/N-ethyl adjacent to an activating group) is 1. The molecule has 0 spiro atoms. The Kier molecular flexibility index (Phi) is 3.99. The fourth-order valence-corrected chi connectivity index (χ4v) is 2.30. The number of carbonyl (C=O) groups is 1. The molecule has 1 saturated heterocycles. The summed E-state index contributed by atoms with van der Waals surface area (Å²) in [5.74, 6) is 0.156. The van der Waals surface area contributed by atoms with Gasteiger partial charge in [-0.2, -0.15) is 0 Å². The number of rotatable bonds is 3. The average molecular weight is 247 g/mol. The molecule has 1 heterocycles. The van der Waals surface area contributed by atoms with E-state index in [0.717, 1.165) is 13.1 Å². The number of nitrogens with two attached hydrogens (primary N) is 1. The number of benzene rings is 1. The van der Waals surface area contributed by atoms with Gasteiger partial charge >= 0.3 is 0 Å². The molecule has 1 aromatic rings. The third-order valence-electron chi connectivity index (χ3n) is 3.57. The summed E-state index contributed by atoms with van der Waals surface area (Å²) in [6.45, 7) is 4.75. The first-order chi connectivity index (χ1) is 8.60. The smallest absolute Gasteiger partial charge is 0.236 e. The zero-order valence-electron chi connectivity index (χ0n) is 11.1. The third kappa shape index (κ3) is 2.89. The third-order valence-corrected chi connectivity index (χ3v) is 3.57. The van der Waals surface area contributed by atoms with E-state index in [9.17, 15) is 4.79 Å². The van der Waals surface area contributed by atoms with Gasteiger partial charge in [-0.15, -0.1) is 0 Å². The maximum atomic E-state index is 11.8. The molecule has 0 saturated carbocycles. The minimum absolute atomic E-state index is 0.136. The average Bonchev–Trinajstić information content (AvgIpc) is 2.36. The van der Waals surface area contributed by atoms with E-state index < -0.39 is 0 Å². The van der Waals surface area contributed by atoms with Crippen LogP contribution in [0.25, 0.3) is 0 Å². The molecular weight excluding hydrogens is 226 g/mol. The summed E-state index contributed by atoms with van der Waals surface area (Å²) in [6.07, 6.45) is 0. The highest BCUT2D eigenvalue weighted by Crippen LogP contribution is 2.12. The molecule has 1 aliphatic heterocycles. The van der Waals surface area contributed by atoms with Crippen LogP contribution in [0.5, 0.6) is 0 Å². The van der Waals surface area contributed by atoms with E-state index in [1.165, 1.54) is 11.1 Å². The van der Waals surface area contributed by atoms with Crippen molar-refractivity contribution in [3.63, 3.8) is 0 Å². The highest BCUT2D eigenvalue weighted by molar-refractivity contribution is 5.79. The van der Waals surface area contributed by atoms with E-state index in [-0.39, 0.29) is 11.9 Å². The molecular formula is C14H21N3O. The number of carbonyl (C=O) groups excluding carboxylic acids is 1. The van der Waals surface area contributed by atoms with Crippen LogP contribution >= 0.6 is 0 Å². The molecule has 1 amide bonds. The first-order valence-corrected chi connectivity index (χ1v) is 6.34. The number of piperazine rings is 1. The Hall–Kier alpha value is -1.39.